The van der Waals surface area contributed by atoms with E-state index in [0.717, 1.165) is 24.5 Å². The molecule has 0 aliphatic carbocycles. The van der Waals surface area contributed by atoms with Gasteiger partial charge < -0.3 is 10.1 Å². The summed E-state index contributed by atoms with van der Waals surface area (Å²) in [6.07, 6.45) is 0.899. The van der Waals surface area contributed by atoms with Gasteiger partial charge in [0.15, 0.2) is 0 Å². The van der Waals surface area contributed by atoms with Crippen LogP contribution in [0.2, 0.25) is 5.02 Å². The van der Waals surface area contributed by atoms with E-state index in [9.17, 15) is 0 Å². The molecular weight excluding hydrogens is 245 g/mol. The SMILES string of the molecule is COCC(Cl)CCNCc1cccc(Cl)c1. The van der Waals surface area contributed by atoms with Crippen LogP contribution in [-0.2, 0) is 11.3 Å². The van der Waals surface area contributed by atoms with E-state index < -0.39 is 0 Å². The average molecular weight is 262 g/mol. The molecule has 0 heterocycles. The van der Waals surface area contributed by atoms with Gasteiger partial charge in [0.2, 0.25) is 0 Å². The fourth-order valence-electron chi connectivity index (χ4n) is 1.40. The van der Waals surface area contributed by atoms with Crippen molar-refractivity contribution < 1.29 is 4.74 Å². The van der Waals surface area contributed by atoms with Crippen molar-refractivity contribution in [1.29, 1.82) is 0 Å². The molecule has 0 saturated carbocycles. The number of alkyl halides is 1. The molecule has 0 aliphatic rings. The maximum absolute atomic E-state index is 6.00. The van der Waals surface area contributed by atoms with Gasteiger partial charge in [-0.05, 0) is 30.7 Å². The predicted molar refractivity (Wildman–Crippen MR) is 69.3 cm³/mol. The lowest BCUT2D eigenvalue weighted by Crippen LogP contribution is -2.20. The molecule has 1 unspecified atom stereocenters. The molecule has 0 radical (unpaired) electrons. The zero-order valence-electron chi connectivity index (χ0n) is 9.38. The van der Waals surface area contributed by atoms with Crippen LogP contribution in [0.4, 0.5) is 0 Å². The minimum Gasteiger partial charge on any atom is -0.383 e. The van der Waals surface area contributed by atoms with Crippen molar-refractivity contribution in [2.24, 2.45) is 0 Å². The number of hydrogen-bond donors (Lipinski definition) is 1. The summed E-state index contributed by atoms with van der Waals surface area (Å²) in [4.78, 5) is 0. The monoisotopic (exact) mass is 261 g/mol. The van der Waals surface area contributed by atoms with Crippen molar-refractivity contribution in [2.75, 3.05) is 20.3 Å². The Bertz CT molecular complexity index is 307. The highest BCUT2D eigenvalue weighted by atomic mass is 35.5. The zero-order chi connectivity index (χ0) is 11.8. The molecule has 0 aliphatic heterocycles. The second kappa shape index (κ2) is 7.91. The molecule has 4 heteroatoms. The van der Waals surface area contributed by atoms with Crippen molar-refractivity contribution in [1.82, 2.24) is 5.32 Å². The van der Waals surface area contributed by atoms with Crippen LogP contribution in [0, 0.1) is 0 Å². The van der Waals surface area contributed by atoms with E-state index in [0.29, 0.717) is 6.61 Å². The van der Waals surface area contributed by atoms with Crippen LogP contribution in [0.3, 0.4) is 0 Å². The maximum atomic E-state index is 6.00. The lowest BCUT2D eigenvalue weighted by molar-refractivity contribution is 0.195. The van der Waals surface area contributed by atoms with Crippen LogP contribution >= 0.6 is 23.2 Å². The second-order valence-corrected chi connectivity index (χ2v) is 4.70. The third-order valence-corrected chi connectivity index (χ3v) is 2.78. The Morgan fingerprint density at radius 1 is 1.44 bits per heavy atom. The highest BCUT2D eigenvalue weighted by Gasteiger charge is 2.02. The topological polar surface area (TPSA) is 21.3 Å². The molecule has 0 aromatic heterocycles. The summed E-state index contributed by atoms with van der Waals surface area (Å²) in [5, 5.41) is 4.17. The molecule has 1 aromatic carbocycles. The maximum Gasteiger partial charge on any atom is 0.0626 e. The summed E-state index contributed by atoms with van der Waals surface area (Å²) < 4.78 is 4.96. The first-order chi connectivity index (χ1) is 7.72. The zero-order valence-corrected chi connectivity index (χ0v) is 10.9. The van der Waals surface area contributed by atoms with Gasteiger partial charge in [0.25, 0.3) is 0 Å². The van der Waals surface area contributed by atoms with Gasteiger partial charge in [0.05, 0.1) is 12.0 Å². The minimum absolute atomic E-state index is 0.0804. The van der Waals surface area contributed by atoms with E-state index in [1.54, 1.807) is 7.11 Å². The summed E-state index contributed by atoms with van der Waals surface area (Å²) in [5.41, 5.74) is 1.19. The van der Waals surface area contributed by atoms with Crippen LogP contribution < -0.4 is 5.32 Å². The molecular formula is C12H17Cl2NO. The Balaban J connectivity index is 2.16. The first-order valence-corrected chi connectivity index (χ1v) is 6.12. The van der Waals surface area contributed by atoms with Crippen LogP contribution in [0.15, 0.2) is 24.3 Å². The van der Waals surface area contributed by atoms with Crippen molar-refractivity contribution in [3.05, 3.63) is 34.9 Å². The quantitative estimate of drug-likeness (QED) is 0.602. The van der Waals surface area contributed by atoms with Gasteiger partial charge in [-0.3, -0.25) is 0 Å². The molecule has 0 saturated heterocycles. The van der Waals surface area contributed by atoms with Gasteiger partial charge >= 0.3 is 0 Å². The van der Waals surface area contributed by atoms with Crippen LogP contribution in [0.1, 0.15) is 12.0 Å². The van der Waals surface area contributed by atoms with E-state index in [-0.39, 0.29) is 5.38 Å². The van der Waals surface area contributed by atoms with Crippen molar-refractivity contribution in [2.45, 2.75) is 18.3 Å². The highest BCUT2D eigenvalue weighted by molar-refractivity contribution is 6.30. The third kappa shape index (κ3) is 5.71. The molecule has 0 bridgehead atoms. The van der Waals surface area contributed by atoms with E-state index in [1.807, 2.05) is 24.3 Å². The number of methoxy groups -OCH3 is 1. The lowest BCUT2D eigenvalue weighted by Gasteiger charge is -2.09. The van der Waals surface area contributed by atoms with Gasteiger partial charge in [-0.15, -0.1) is 11.6 Å². The number of ether oxygens (including phenoxy) is 1. The van der Waals surface area contributed by atoms with Gasteiger partial charge in [-0.2, -0.15) is 0 Å². The molecule has 1 N–H and O–H groups in total. The van der Waals surface area contributed by atoms with Gasteiger partial charge in [0, 0.05) is 18.7 Å². The summed E-state index contributed by atoms with van der Waals surface area (Å²) in [6.45, 7) is 2.29. The molecule has 1 aromatic rings. The number of rotatable bonds is 7. The standard InChI is InChI=1S/C12H17Cl2NO/c1-16-9-12(14)5-6-15-8-10-3-2-4-11(13)7-10/h2-4,7,12,15H,5-6,8-9H2,1H3. The largest absolute Gasteiger partial charge is 0.383 e. The minimum atomic E-state index is 0.0804. The van der Waals surface area contributed by atoms with Crippen LogP contribution in [-0.4, -0.2) is 25.6 Å². The fourth-order valence-corrected chi connectivity index (χ4v) is 1.85. The Labute approximate surface area is 107 Å². The number of benzene rings is 1. The molecule has 0 amide bonds. The number of halogens is 2. The number of hydrogen-bond acceptors (Lipinski definition) is 2. The van der Waals surface area contributed by atoms with E-state index in [1.165, 1.54) is 5.56 Å². The first-order valence-electron chi connectivity index (χ1n) is 5.30. The Morgan fingerprint density at radius 2 is 2.25 bits per heavy atom. The normalized spacial score (nSPS) is 12.7. The second-order valence-electron chi connectivity index (χ2n) is 3.65. The van der Waals surface area contributed by atoms with Crippen LogP contribution in [0.5, 0.6) is 0 Å². The predicted octanol–water partition coefficient (Wildman–Crippen LogP) is 3.07. The lowest BCUT2D eigenvalue weighted by atomic mass is 10.2. The van der Waals surface area contributed by atoms with Gasteiger partial charge in [0.1, 0.15) is 0 Å². The van der Waals surface area contributed by atoms with Crippen molar-refractivity contribution in [3.8, 4) is 0 Å². The van der Waals surface area contributed by atoms with E-state index in [2.05, 4.69) is 5.32 Å². The Kier molecular flexibility index (Phi) is 6.81. The molecule has 16 heavy (non-hydrogen) atoms. The molecule has 1 atom stereocenters. The summed E-state index contributed by atoms with van der Waals surface area (Å²) >= 11 is 11.9. The summed E-state index contributed by atoms with van der Waals surface area (Å²) in [6, 6.07) is 7.83. The van der Waals surface area contributed by atoms with Crippen LogP contribution in [0.25, 0.3) is 0 Å². The van der Waals surface area contributed by atoms with Gasteiger partial charge in [-0.1, -0.05) is 23.7 Å². The molecule has 0 spiro atoms. The fraction of sp³-hybridized carbons (Fsp3) is 0.500. The first kappa shape index (κ1) is 13.8. The Morgan fingerprint density at radius 3 is 2.94 bits per heavy atom. The van der Waals surface area contributed by atoms with E-state index in [4.69, 9.17) is 27.9 Å². The molecule has 90 valence electrons. The summed E-state index contributed by atoms with van der Waals surface area (Å²) in [7, 11) is 1.66. The smallest absolute Gasteiger partial charge is 0.0626 e. The number of nitrogens with one attached hydrogen (secondary N) is 1. The van der Waals surface area contributed by atoms with Crippen molar-refractivity contribution in [3.63, 3.8) is 0 Å². The highest BCUT2D eigenvalue weighted by Crippen LogP contribution is 2.10. The van der Waals surface area contributed by atoms with Gasteiger partial charge in [-0.25, -0.2) is 0 Å². The average Bonchev–Trinajstić information content (AvgIpc) is 2.25. The summed E-state index contributed by atoms with van der Waals surface area (Å²) in [5.74, 6) is 0. The molecule has 2 nitrogen and oxygen atoms in total. The van der Waals surface area contributed by atoms with Crippen molar-refractivity contribution >= 4 is 23.2 Å². The molecule has 0 fully saturated rings. The Hall–Kier alpha value is -0.280. The third-order valence-electron chi connectivity index (χ3n) is 2.20. The van der Waals surface area contributed by atoms with E-state index >= 15 is 0 Å². The molecule has 1 rings (SSSR count).